The molecule has 2 aromatic heterocycles. The van der Waals surface area contributed by atoms with E-state index < -0.39 is 31.5 Å². The molecule has 1 saturated heterocycles. The molecule has 3 heterocycles. The Labute approximate surface area is 168 Å². The minimum absolute atomic E-state index is 0.117. The standard InChI is InChI=1S/C14H18B2ClIN3O4/c1-14(22)10(25-16-2)8(4-23-5-15)24-13(14)21-3-7(18)9-11(17)19-6-20-12(9)21/h3,6,8,10,13,15-16,22H,4-5H2,1-2H3/t8-,10-,13-,14-/m1/s1/i15D,16D. The van der Waals surface area contributed by atoms with E-state index in [-0.39, 0.29) is 13.1 Å². The molecule has 1 N–H and O–H groups in total. The van der Waals surface area contributed by atoms with Gasteiger partial charge in [0.1, 0.15) is 42.7 Å². The van der Waals surface area contributed by atoms with Crippen molar-refractivity contribution in [2.45, 2.75) is 37.8 Å². The van der Waals surface area contributed by atoms with Gasteiger partial charge in [0.15, 0.2) is 6.23 Å². The summed E-state index contributed by atoms with van der Waals surface area (Å²) in [5.41, 5.74) is -0.927. The summed E-state index contributed by atoms with van der Waals surface area (Å²) in [6.07, 6.45) is 0.892. The summed E-state index contributed by atoms with van der Waals surface area (Å²) >= 11 is 8.33. The lowest BCUT2D eigenvalue weighted by molar-refractivity contribution is -0.0934. The number of rotatable bonds is 7. The van der Waals surface area contributed by atoms with E-state index in [0.717, 1.165) is 11.4 Å². The average Bonchev–Trinajstić information content (AvgIpc) is 3.04. The molecular weight excluding hydrogens is 458 g/mol. The van der Waals surface area contributed by atoms with Gasteiger partial charge in [-0.25, -0.2) is 9.97 Å². The summed E-state index contributed by atoms with van der Waals surface area (Å²) in [6, 6.07) is 0. The van der Waals surface area contributed by atoms with Crippen LogP contribution in [0.25, 0.3) is 11.0 Å². The number of nitrogens with zero attached hydrogens (tertiary/aromatic N) is 3. The smallest absolute Gasteiger partial charge is 0.272 e. The first-order valence-electron chi connectivity index (χ1n) is 8.82. The Kier molecular flexibility index (Phi) is 5.16. The van der Waals surface area contributed by atoms with Crippen molar-refractivity contribution in [1.82, 2.24) is 14.5 Å². The summed E-state index contributed by atoms with van der Waals surface area (Å²) in [4.78, 5) is 8.30. The Hall–Kier alpha value is -0.390. The lowest BCUT2D eigenvalue weighted by atomic mass is 9.93. The molecule has 4 atom stereocenters. The monoisotopic (exact) mass is 478 g/mol. The molecule has 0 bridgehead atoms. The number of aromatic nitrogens is 3. The number of halogens is 2. The van der Waals surface area contributed by atoms with E-state index in [4.69, 9.17) is 28.4 Å². The molecule has 2 aromatic rings. The maximum absolute atomic E-state index is 11.2. The highest BCUT2D eigenvalue weighted by molar-refractivity contribution is 14.1. The molecule has 1 fully saturated rings. The van der Waals surface area contributed by atoms with E-state index >= 15 is 0 Å². The van der Waals surface area contributed by atoms with Crippen molar-refractivity contribution in [2.75, 3.05) is 13.1 Å². The van der Waals surface area contributed by atoms with Crippen LogP contribution < -0.4 is 0 Å². The second kappa shape index (κ2) is 7.69. The molecule has 1 aliphatic rings. The van der Waals surface area contributed by atoms with Crippen LogP contribution in [-0.4, -0.2) is 68.5 Å². The lowest BCUT2D eigenvalue weighted by Crippen LogP contribution is -2.46. The fourth-order valence-electron chi connectivity index (χ4n) is 3.10. The first kappa shape index (κ1) is 16.8. The highest BCUT2D eigenvalue weighted by Gasteiger charge is 2.54. The highest BCUT2D eigenvalue weighted by Crippen LogP contribution is 2.42. The van der Waals surface area contributed by atoms with Crippen molar-refractivity contribution in [2.24, 2.45) is 0 Å². The molecule has 25 heavy (non-hydrogen) atoms. The lowest BCUT2D eigenvalue weighted by Gasteiger charge is -2.30. The van der Waals surface area contributed by atoms with Crippen molar-refractivity contribution in [1.29, 1.82) is 2.67 Å². The van der Waals surface area contributed by atoms with Gasteiger partial charge in [-0.2, -0.15) is 0 Å². The molecule has 0 spiro atoms. The number of aliphatic hydroxyl groups is 1. The molecule has 3 rings (SSSR count). The van der Waals surface area contributed by atoms with Gasteiger partial charge in [0, 0.05) is 17.6 Å². The van der Waals surface area contributed by atoms with Gasteiger partial charge in [-0.3, -0.25) is 0 Å². The molecule has 0 aliphatic carbocycles. The Morgan fingerprint density at radius 2 is 2.48 bits per heavy atom. The van der Waals surface area contributed by atoms with Gasteiger partial charge in [0.25, 0.3) is 7.45 Å². The normalized spacial score (nSPS) is 30.4. The van der Waals surface area contributed by atoms with E-state index in [1.807, 2.05) is 0 Å². The molecule has 0 unspecified atom stereocenters. The number of fused-ring (bicyclic) bond motifs is 1. The Bertz CT molecular complexity index is 816. The Balaban J connectivity index is 1.99. The third-order valence-corrected chi connectivity index (χ3v) is 5.27. The van der Waals surface area contributed by atoms with Crippen LogP contribution in [0.4, 0.5) is 0 Å². The predicted octanol–water partition coefficient (Wildman–Crippen LogP) is 0.997. The quantitative estimate of drug-likeness (QED) is 0.277. The van der Waals surface area contributed by atoms with E-state index in [0.29, 0.717) is 16.2 Å². The van der Waals surface area contributed by atoms with Crippen LogP contribution in [-0.2, 0) is 14.1 Å². The molecule has 1 aliphatic heterocycles. The van der Waals surface area contributed by atoms with Crippen molar-refractivity contribution in [3.05, 3.63) is 21.2 Å². The molecule has 7 nitrogen and oxygen atoms in total. The molecule has 1 radical (unpaired) electrons. The second-order valence-electron chi connectivity index (χ2n) is 5.83. The fraction of sp³-hybridized carbons (Fsp3) is 0.571. The number of hydrogen-bond donors (Lipinski definition) is 1. The van der Waals surface area contributed by atoms with Gasteiger partial charge in [-0.05, 0) is 30.9 Å². The third-order valence-electron chi connectivity index (χ3n) is 4.17. The van der Waals surface area contributed by atoms with Crippen LogP contribution >= 0.6 is 34.2 Å². The summed E-state index contributed by atoms with van der Waals surface area (Å²) in [7, 11) is 0.279. The van der Waals surface area contributed by atoms with Crippen LogP contribution in [0.5, 0.6) is 0 Å². The fourth-order valence-corrected chi connectivity index (χ4v) is 4.29. The maximum atomic E-state index is 11.2. The van der Waals surface area contributed by atoms with Gasteiger partial charge < -0.3 is 23.8 Å². The SMILES string of the molecule is [2H][B]COC[C@H]1O[C@@H](n2cc(I)c3c(Cl)ncnc32)[C@](C)(O)[C@@H]1OB([2H])C. The van der Waals surface area contributed by atoms with Crippen LogP contribution in [0.15, 0.2) is 12.5 Å². The Morgan fingerprint density at radius 1 is 1.68 bits per heavy atom. The van der Waals surface area contributed by atoms with Gasteiger partial charge in [-0.15, -0.1) is 0 Å². The predicted molar refractivity (Wildman–Crippen MR) is 106 cm³/mol. The number of ether oxygens (including phenoxy) is 2. The summed E-state index contributed by atoms with van der Waals surface area (Å²) in [5.74, 6) is 0. The van der Waals surface area contributed by atoms with Crippen LogP contribution in [0.3, 0.4) is 0 Å². The van der Waals surface area contributed by atoms with Gasteiger partial charge in [0.2, 0.25) is 0 Å². The van der Waals surface area contributed by atoms with Crippen molar-refractivity contribution < 1.29 is 19.2 Å². The third kappa shape index (κ3) is 3.44. The first-order chi connectivity index (χ1) is 12.8. The van der Waals surface area contributed by atoms with E-state index in [2.05, 4.69) is 32.6 Å². The molecular formula is C14H18B2ClIN3O4. The number of hydrogen-bond acceptors (Lipinski definition) is 6. The Morgan fingerprint density at radius 3 is 3.20 bits per heavy atom. The molecule has 0 saturated carbocycles. The zero-order valence-corrected chi connectivity index (χ0v) is 16.6. The maximum Gasteiger partial charge on any atom is 0.272 e. The molecule has 133 valence electrons. The summed E-state index contributed by atoms with van der Waals surface area (Å²) < 4.78 is 34.5. The zero-order valence-electron chi connectivity index (χ0n) is 15.7. The zero-order chi connectivity index (χ0) is 19.8. The molecule has 0 amide bonds. The van der Waals surface area contributed by atoms with Crippen molar-refractivity contribution in [3.63, 3.8) is 0 Å². The molecule has 0 aromatic carbocycles. The minimum Gasteiger partial charge on any atom is -0.432 e. The van der Waals surface area contributed by atoms with E-state index in [1.54, 1.807) is 24.5 Å². The average molecular weight is 478 g/mol. The van der Waals surface area contributed by atoms with Crippen LogP contribution in [0.1, 0.15) is 13.2 Å². The second-order valence-corrected chi connectivity index (χ2v) is 7.35. The highest BCUT2D eigenvalue weighted by atomic mass is 127. The van der Waals surface area contributed by atoms with E-state index in [9.17, 15) is 5.11 Å². The largest absolute Gasteiger partial charge is 0.432 e. The summed E-state index contributed by atoms with van der Waals surface area (Å²) in [6.45, 7) is 3.41. The van der Waals surface area contributed by atoms with E-state index in [1.165, 1.54) is 6.33 Å². The topological polar surface area (TPSA) is 78.6 Å². The minimum atomic E-state index is -1.46. The first-order valence-corrected chi connectivity index (χ1v) is 9.13. The van der Waals surface area contributed by atoms with Crippen molar-refractivity contribution >= 4 is 60.5 Å². The van der Waals surface area contributed by atoms with Gasteiger partial charge in [0.05, 0.1) is 12.0 Å². The van der Waals surface area contributed by atoms with Crippen LogP contribution in [0, 0.1) is 3.57 Å². The van der Waals surface area contributed by atoms with Crippen molar-refractivity contribution in [3.8, 4) is 0 Å². The van der Waals surface area contributed by atoms with Gasteiger partial charge in [-0.1, -0.05) is 18.4 Å². The molecule has 11 heteroatoms. The summed E-state index contributed by atoms with van der Waals surface area (Å²) in [5, 5.41) is 12.2. The van der Waals surface area contributed by atoms with Gasteiger partial charge >= 0.3 is 0 Å². The van der Waals surface area contributed by atoms with Crippen LogP contribution in [0.2, 0.25) is 12.0 Å².